The van der Waals surface area contributed by atoms with Gasteiger partial charge in [0.25, 0.3) is 0 Å². The largest absolute Gasteiger partial charge is 0.367 e. The highest BCUT2D eigenvalue weighted by atomic mass is 16.5. The Morgan fingerprint density at radius 3 is 2.22 bits per heavy atom. The van der Waals surface area contributed by atoms with Crippen LogP contribution in [0, 0.1) is 5.92 Å². The van der Waals surface area contributed by atoms with Crippen LogP contribution in [0.5, 0.6) is 0 Å². The van der Waals surface area contributed by atoms with E-state index in [2.05, 4.69) is 32.9 Å². The van der Waals surface area contributed by atoms with Crippen LogP contribution in [-0.2, 0) is 4.74 Å². The van der Waals surface area contributed by atoms with Gasteiger partial charge in [-0.15, -0.1) is 0 Å². The normalized spacial score (nSPS) is 34.2. The lowest BCUT2D eigenvalue weighted by molar-refractivity contribution is 0.0444. The molecular formula is C8H14O. The number of hydrogen-bond acceptors (Lipinski definition) is 1. The molecule has 1 aliphatic heterocycles. The molecule has 0 N–H and O–H groups in total. The zero-order valence-corrected chi connectivity index (χ0v) is 6.29. The lowest BCUT2D eigenvalue weighted by Gasteiger charge is -2.13. The molecule has 0 bridgehead atoms. The highest BCUT2D eigenvalue weighted by Crippen LogP contribution is 2.17. The van der Waals surface area contributed by atoms with E-state index in [-0.39, 0.29) is 0 Å². The average molecular weight is 126 g/mol. The highest BCUT2D eigenvalue weighted by Gasteiger charge is 2.17. The second-order valence-corrected chi connectivity index (χ2v) is 2.93. The van der Waals surface area contributed by atoms with Gasteiger partial charge in [0.2, 0.25) is 0 Å². The molecule has 2 atom stereocenters. The maximum atomic E-state index is 5.51. The van der Waals surface area contributed by atoms with Crippen molar-refractivity contribution < 1.29 is 4.74 Å². The second-order valence-electron chi connectivity index (χ2n) is 2.93. The molecule has 0 saturated carbocycles. The third-order valence-corrected chi connectivity index (χ3v) is 1.60. The van der Waals surface area contributed by atoms with Gasteiger partial charge in [-0.2, -0.15) is 0 Å². The molecule has 1 unspecified atom stereocenters. The van der Waals surface area contributed by atoms with Crippen LogP contribution in [0.15, 0.2) is 12.2 Å². The Labute approximate surface area is 56.7 Å². The van der Waals surface area contributed by atoms with Crippen LogP contribution in [0.2, 0.25) is 0 Å². The fourth-order valence-corrected chi connectivity index (χ4v) is 0.984. The van der Waals surface area contributed by atoms with Crippen molar-refractivity contribution in [2.24, 2.45) is 5.92 Å². The van der Waals surface area contributed by atoms with Gasteiger partial charge in [-0.3, -0.25) is 0 Å². The molecule has 0 fully saturated rings. The zero-order valence-electron chi connectivity index (χ0n) is 6.29. The van der Waals surface area contributed by atoms with Crippen molar-refractivity contribution in [1.29, 1.82) is 0 Å². The molecule has 0 aromatic carbocycles. The van der Waals surface area contributed by atoms with Gasteiger partial charge in [0.15, 0.2) is 0 Å². The lowest BCUT2D eigenvalue weighted by atomic mass is 10.1. The summed E-state index contributed by atoms with van der Waals surface area (Å²) < 4.78 is 5.51. The first-order valence-electron chi connectivity index (χ1n) is 3.54. The first-order chi connectivity index (χ1) is 4.20. The predicted octanol–water partition coefficient (Wildman–Crippen LogP) is 1.99. The smallest absolute Gasteiger partial charge is 0.0787 e. The van der Waals surface area contributed by atoms with Crippen molar-refractivity contribution in [3.8, 4) is 0 Å². The Morgan fingerprint density at radius 1 is 1.33 bits per heavy atom. The van der Waals surface area contributed by atoms with Crippen LogP contribution in [0.1, 0.15) is 20.8 Å². The summed E-state index contributed by atoms with van der Waals surface area (Å²) in [7, 11) is 0. The molecule has 1 heterocycles. The second kappa shape index (κ2) is 2.53. The molecular weight excluding hydrogens is 112 g/mol. The van der Waals surface area contributed by atoms with Crippen LogP contribution in [0.3, 0.4) is 0 Å². The third kappa shape index (κ3) is 1.55. The third-order valence-electron chi connectivity index (χ3n) is 1.60. The summed E-state index contributed by atoms with van der Waals surface area (Å²) in [6.45, 7) is 6.42. The first-order valence-corrected chi connectivity index (χ1v) is 3.54. The van der Waals surface area contributed by atoms with E-state index in [1.165, 1.54) is 0 Å². The molecule has 52 valence electrons. The zero-order chi connectivity index (χ0) is 6.85. The van der Waals surface area contributed by atoms with Crippen LogP contribution in [-0.4, -0.2) is 12.2 Å². The van der Waals surface area contributed by atoms with Gasteiger partial charge in [0, 0.05) is 0 Å². The van der Waals surface area contributed by atoms with Crippen molar-refractivity contribution >= 4 is 0 Å². The van der Waals surface area contributed by atoms with Gasteiger partial charge in [0.05, 0.1) is 12.2 Å². The molecule has 1 heteroatoms. The molecule has 0 amide bonds. The fourth-order valence-electron chi connectivity index (χ4n) is 0.984. The minimum atomic E-state index is 0.331. The Balaban J connectivity index is 2.41. The first kappa shape index (κ1) is 6.81. The van der Waals surface area contributed by atoms with Crippen molar-refractivity contribution in [2.75, 3.05) is 0 Å². The summed E-state index contributed by atoms with van der Waals surface area (Å²) in [5, 5.41) is 0. The SMILES string of the molecule is CC(C)C1C=C[C@@H](C)O1. The van der Waals surface area contributed by atoms with Gasteiger partial charge in [-0.1, -0.05) is 26.0 Å². The summed E-state index contributed by atoms with van der Waals surface area (Å²) >= 11 is 0. The topological polar surface area (TPSA) is 9.23 Å². The summed E-state index contributed by atoms with van der Waals surface area (Å²) in [6, 6.07) is 0. The van der Waals surface area contributed by atoms with Crippen molar-refractivity contribution in [3.05, 3.63) is 12.2 Å². The molecule has 0 spiro atoms. The maximum Gasteiger partial charge on any atom is 0.0787 e. The molecule has 1 rings (SSSR count). The van der Waals surface area contributed by atoms with E-state index >= 15 is 0 Å². The molecule has 0 aromatic rings. The van der Waals surface area contributed by atoms with Crippen molar-refractivity contribution in [2.45, 2.75) is 33.0 Å². The maximum absolute atomic E-state index is 5.51. The fraction of sp³-hybridized carbons (Fsp3) is 0.750. The molecule has 1 aliphatic rings. The van der Waals surface area contributed by atoms with Gasteiger partial charge >= 0.3 is 0 Å². The van der Waals surface area contributed by atoms with Crippen LogP contribution < -0.4 is 0 Å². The summed E-state index contributed by atoms with van der Waals surface area (Å²) in [4.78, 5) is 0. The van der Waals surface area contributed by atoms with Gasteiger partial charge in [0.1, 0.15) is 0 Å². The standard InChI is InChI=1S/C8H14O/c1-6(2)8-5-4-7(3)9-8/h4-8H,1-3H3/t7-,8?/m1/s1. The van der Waals surface area contributed by atoms with Crippen molar-refractivity contribution in [1.82, 2.24) is 0 Å². The van der Waals surface area contributed by atoms with E-state index in [0.29, 0.717) is 18.1 Å². The van der Waals surface area contributed by atoms with Crippen LogP contribution >= 0.6 is 0 Å². The van der Waals surface area contributed by atoms with E-state index in [0.717, 1.165) is 0 Å². The molecule has 1 nitrogen and oxygen atoms in total. The minimum Gasteiger partial charge on any atom is -0.367 e. The average Bonchev–Trinajstić information content (AvgIpc) is 2.14. The molecule has 9 heavy (non-hydrogen) atoms. The van der Waals surface area contributed by atoms with E-state index in [1.807, 2.05) is 0 Å². The summed E-state index contributed by atoms with van der Waals surface area (Å²) in [5.74, 6) is 0.617. The van der Waals surface area contributed by atoms with E-state index < -0.39 is 0 Å². The van der Waals surface area contributed by atoms with E-state index in [1.54, 1.807) is 0 Å². The van der Waals surface area contributed by atoms with E-state index in [9.17, 15) is 0 Å². The number of rotatable bonds is 1. The lowest BCUT2D eigenvalue weighted by Crippen LogP contribution is -2.15. The summed E-state index contributed by atoms with van der Waals surface area (Å²) in [6.07, 6.45) is 4.96. The summed E-state index contributed by atoms with van der Waals surface area (Å²) in [5.41, 5.74) is 0. The van der Waals surface area contributed by atoms with E-state index in [4.69, 9.17) is 4.74 Å². The minimum absolute atomic E-state index is 0.331. The Morgan fingerprint density at radius 2 is 2.00 bits per heavy atom. The number of ether oxygens (including phenoxy) is 1. The Bertz CT molecular complexity index is 116. The number of hydrogen-bond donors (Lipinski definition) is 0. The van der Waals surface area contributed by atoms with Crippen LogP contribution in [0.4, 0.5) is 0 Å². The molecule has 0 aromatic heterocycles. The Kier molecular flexibility index (Phi) is 1.91. The predicted molar refractivity (Wildman–Crippen MR) is 38.3 cm³/mol. The monoisotopic (exact) mass is 126 g/mol. The quantitative estimate of drug-likeness (QED) is 0.488. The Hall–Kier alpha value is -0.300. The highest BCUT2D eigenvalue weighted by molar-refractivity contribution is 5.01. The molecule has 0 radical (unpaired) electrons. The van der Waals surface area contributed by atoms with Gasteiger partial charge in [-0.25, -0.2) is 0 Å². The van der Waals surface area contributed by atoms with Crippen molar-refractivity contribution in [3.63, 3.8) is 0 Å². The van der Waals surface area contributed by atoms with Crippen LogP contribution in [0.25, 0.3) is 0 Å². The molecule has 0 saturated heterocycles. The molecule has 0 aliphatic carbocycles. The van der Waals surface area contributed by atoms with Gasteiger partial charge in [-0.05, 0) is 12.8 Å². The van der Waals surface area contributed by atoms with Gasteiger partial charge < -0.3 is 4.74 Å².